The zero-order valence-corrected chi connectivity index (χ0v) is 18.3. The molecule has 1 aromatic carbocycles. The molecule has 2 fully saturated rings. The topological polar surface area (TPSA) is 84.3 Å². The van der Waals surface area contributed by atoms with E-state index in [0.717, 1.165) is 48.3 Å². The minimum Gasteiger partial charge on any atom is -0.473 e. The number of aromatic nitrogens is 3. The van der Waals surface area contributed by atoms with E-state index in [0.29, 0.717) is 24.2 Å². The first-order valence-electron chi connectivity index (χ1n) is 11.1. The van der Waals surface area contributed by atoms with Crippen LogP contribution in [0.1, 0.15) is 19.9 Å². The molecule has 0 bridgehead atoms. The lowest BCUT2D eigenvalue weighted by atomic mass is 10.0. The molecule has 3 aromatic rings. The lowest BCUT2D eigenvalue weighted by Gasteiger charge is -2.29. The SMILES string of the molecule is CC(Oc1nc(-c2ccc(N3CCNCC3)cc2)cc2ncn(C(F)F)c12)C1CNC(=O)C1. The highest BCUT2D eigenvalue weighted by Crippen LogP contribution is 2.33. The van der Waals surface area contributed by atoms with Crippen molar-refractivity contribution in [2.45, 2.75) is 26.0 Å². The predicted octanol–water partition coefficient (Wildman–Crippen LogP) is 2.81. The molecule has 33 heavy (non-hydrogen) atoms. The molecule has 2 aromatic heterocycles. The number of fused-ring (bicyclic) bond motifs is 1. The van der Waals surface area contributed by atoms with Crippen LogP contribution in [0.25, 0.3) is 22.3 Å². The summed E-state index contributed by atoms with van der Waals surface area (Å²) >= 11 is 0. The van der Waals surface area contributed by atoms with Crippen LogP contribution in [-0.4, -0.2) is 59.3 Å². The number of ether oxygens (including phenoxy) is 1. The molecule has 0 aliphatic carbocycles. The Bertz CT molecular complexity index is 1140. The van der Waals surface area contributed by atoms with Gasteiger partial charge in [-0.05, 0) is 25.1 Å². The van der Waals surface area contributed by atoms with Crippen LogP contribution >= 0.6 is 0 Å². The number of imidazole rings is 1. The highest BCUT2D eigenvalue weighted by Gasteiger charge is 2.29. The third kappa shape index (κ3) is 4.35. The van der Waals surface area contributed by atoms with Crippen molar-refractivity contribution < 1.29 is 18.3 Å². The van der Waals surface area contributed by atoms with E-state index in [1.165, 1.54) is 0 Å². The maximum atomic E-state index is 13.6. The summed E-state index contributed by atoms with van der Waals surface area (Å²) < 4.78 is 34.1. The summed E-state index contributed by atoms with van der Waals surface area (Å²) in [5.74, 6) is 0.00193. The van der Waals surface area contributed by atoms with Gasteiger partial charge in [-0.1, -0.05) is 12.1 Å². The van der Waals surface area contributed by atoms with Gasteiger partial charge in [0.25, 0.3) is 0 Å². The number of benzene rings is 1. The van der Waals surface area contributed by atoms with Crippen LogP contribution < -0.4 is 20.3 Å². The van der Waals surface area contributed by atoms with E-state index in [1.54, 1.807) is 6.07 Å². The van der Waals surface area contributed by atoms with E-state index < -0.39 is 6.55 Å². The summed E-state index contributed by atoms with van der Waals surface area (Å²) in [6.07, 6.45) is 1.06. The van der Waals surface area contributed by atoms with Gasteiger partial charge in [0.2, 0.25) is 11.8 Å². The number of carbonyl (C=O) groups excluding carboxylic acids is 1. The smallest absolute Gasteiger partial charge is 0.320 e. The largest absolute Gasteiger partial charge is 0.473 e. The molecule has 2 aliphatic rings. The van der Waals surface area contributed by atoms with Gasteiger partial charge in [0.15, 0.2) is 0 Å². The molecular weight excluding hydrogens is 430 g/mol. The van der Waals surface area contributed by atoms with Crippen molar-refractivity contribution in [3.8, 4) is 17.1 Å². The average molecular weight is 456 g/mol. The van der Waals surface area contributed by atoms with Crippen molar-refractivity contribution in [2.24, 2.45) is 5.92 Å². The molecule has 2 saturated heterocycles. The molecule has 10 heteroatoms. The molecule has 1 amide bonds. The number of nitrogens with zero attached hydrogens (tertiary/aromatic N) is 4. The molecular formula is C23H26F2N6O2. The predicted molar refractivity (Wildman–Crippen MR) is 121 cm³/mol. The van der Waals surface area contributed by atoms with Crippen LogP contribution in [0.15, 0.2) is 36.7 Å². The second kappa shape index (κ2) is 8.93. The lowest BCUT2D eigenvalue weighted by molar-refractivity contribution is -0.119. The third-order valence-electron chi connectivity index (χ3n) is 6.35. The summed E-state index contributed by atoms with van der Waals surface area (Å²) in [5, 5.41) is 6.13. The number of rotatable bonds is 6. The number of hydrogen-bond acceptors (Lipinski definition) is 6. The zero-order valence-electron chi connectivity index (χ0n) is 18.3. The quantitative estimate of drug-likeness (QED) is 0.594. The average Bonchev–Trinajstić information content (AvgIpc) is 3.46. The van der Waals surface area contributed by atoms with Crippen molar-refractivity contribution in [3.63, 3.8) is 0 Å². The number of anilines is 1. The van der Waals surface area contributed by atoms with Crippen LogP contribution in [0.2, 0.25) is 0 Å². The third-order valence-corrected chi connectivity index (χ3v) is 6.35. The van der Waals surface area contributed by atoms with Crippen molar-refractivity contribution in [1.29, 1.82) is 0 Å². The second-order valence-corrected chi connectivity index (χ2v) is 8.49. The van der Waals surface area contributed by atoms with Crippen molar-refractivity contribution in [3.05, 3.63) is 36.7 Å². The van der Waals surface area contributed by atoms with Gasteiger partial charge in [-0.25, -0.2) is 9.97 Å². The molecule has 0 saturated carbocycles. The molecule has 2 unspecified atom stereocenters. The van der Waals surface area contributed by atoms with Gasteiger partial charge in [-0.3, -0.25) is 9.36 Å². The Balaban J connectivity index is 1.48. The Labute approximate surface area is 189 Å². The summed E-state index contributed by atoms with van der Waals surface area (Å²) in [7, 11) is 0. The fourth-order valence-electron chi connectivity index (χ4n) is 4.40. The summed E-state index contributed by atoms with van der Waals surface area (Å²) in [6, 6.07) is 9.74. The zero-order chi connectivity index (χ0) is 22.9. The number of alkyl halides is 2. The Morgan fingerprint density at radius 2 is 1.94 bits per heavy atom. The Morgan fingerprint density at radius 1 is 1.18 bits per heavy atom. The van der Waals surface area contributed by atoms with Gasteiger partial charge in [0.05, 0.1) is 11.2 Å². The first kappa shape index (κ1) is 21.6. The molecule has 5 rings (SSSR count). The van der Waals surface area contributed by atoms with Gasteiger partial charge in [0.1, 0.15) is 17.9 Å². The van der Waals surface area contributed by atoms with E-state index in [1.807, 2.05) is 31.2 Å². The van der Waals surface area contributed by atoms with Crippen LogP contribution in [0.5, 0.6) is 5.88 Å². The van der Waals surface area contributed by atoms with E-state index in [9.17, 15) is 13.6 Å². The number of piperazine rings is 1. The van der Waals surface area contributed by atoms with Gasteiger partial charge in [0, 0.05) is 56.3 Å². The molecule has 2 N–H and O–H groups in total. The maximum absolute atomic E-state index is 13.6. The minimum absolute atomic E-state index is 0.0375. The number of carbonyl (C=O) groups is 1. The maximum Gasteiger partial charge on any atom is 0.320 e. The molecule has 8 nitrogen and oxygen atoms in total. The monoisotopic (exact) mass is 456 g/mol. The number of nitrogens with one attached hydrogen (secondary N) is 2. The Kier molecular flexibility index (Phi) is 5.84. The van der Waals surface area contributed by atoms with E-state index in [4.69, 9.17) is 4.74 Å². The van der Waals surface area contributed by atoms with Crippen molar-refractivity contribution in [2.75, 3.05) is 37.6 Å². The Morgan fingerprint density at radius 3 is 2.61 bits per heavy atom. The number of halogens is 2. The number of pyridine rings is 1. The highest BCUT2D eigenvalue weighted by atomic mass is 19.3. The highest BCUT2D eigenvalue weighted by molar-refractivity contribution is 5.85. The van der Waals surface area contributed by atoms with Crippen LogP contribution in [-0.2, 0) is 4.79 Å². The molecule has 2 atom stereocenters. The molecule has 0 spiro atoms. The van der Waals surface area contributed by atoms with Gasteiger partial charge in [-0.15, -0.1) is 0 Å². The van der Waals surface area contributed by atoms with Crippen molar-refractivity contribution >= 4 is 22.6 Å². The van der Waals surface area contributed by atoms with Crippen LogP contribution in [0.4, 0.5) is 14.5 Å². The molecule has 2 aliphatic heterocycles. The van der Waals surface area contributed by atoms with Gasteiger partial charge < -0.3 is 20.3 Å². The first-order valence-corrected chi connectivity index (χ1v) is 11.1. The summed E-state index contributed by atoms with van der Waals surface area (Å²) in [5.41, 5.74) is 3.10. The van der Waals surface area contributed by atoms with Gasteiger partial charge >= 0.3 is 6.55 Å². The summed E-state index contributed by atoms with van der Waals surface area (Å²) in [6.45, 7) is 3.35. The minimum atomic E-state index is -2.77. The fourth-order valence-corrected chi connectivity index (χ4v) is 4.40. The van der Waals surface area contributed by atoms with Crippen LogP contribution in [0, 0.1) is 5.92 Å². The fraction of sp³-hybridized carbons (Fsp3) is 0.435. The van der Waals surface area contributed by atoms with E-state index in [-0.39, 0.29) is 29.3 Å². The van der Waals surface area contributed by atoms with E-state index >= 15 is 0 Å². The second-order valence-electron chi connectivity index (χ2n) is 8.49. The van der Waals surface area contributed by atoms with E-state index in [2.05, 4.69) is 25.5 Å². The van der Waals surface area contributed by atoms with Crippen LogP contribution in [0.3, 0.4) is 0 Å². The normalized spacial score (nSPS) is 19.8. The molecule has 4 heterocycles. The first-order chi connectivity index (χ1) is 16.0. The number of amides is 1. The molecule has 0 radical (unpaired) electrons. The Hall–Kier alpha value is -3.27. The van der Waals surface area contributed by atoms with Crippen molar-refractivity contribution in [1.82, 2.24) is 25.2 Å². The van der Waals surface area contributed by atoms with Gasteiger partial charge in [-0.2, -0.15) is 8.78 Å². The summed E-state index contributed by atoms with van der Waals surface area (Å²) in [4.78, 5) is 22.7. The molecule has 174 valence electrons. The number of hydrogen-bond donors (Lipinski definition) is 2. The standard InChI is InChI=1S/C23H26F2N6O2/c1-14(16-10-20(32)27-12-16)33-22-21-19(28-13-31(21)23(24)25)11-18(29-22)15-2-4-17(5-3-15)30-8-6-26-7-9-30/h2-5,11,13-14,16,23,26H,6-10,12H2,1H3,(H,27,32). The lowest BCUT2D eigenvalue weighted by Crippen LogP contribution is -2.43.